The van der Waals surface area contributed by atoms with Gasteiger partial charge in [-0.05, 0) is 226 Å². The molecule has 5 heteroatoms. The van der Waals surface area contributed by atoms with Crippen LogP contribution in [0.25, 0.3) is 88.4 Å². The van der Waals surface area contributed by atoms with Crippen molar-refractivity contribution in [1.82, 2.24) is 9.13 Å². The van der Waals surface area contributed by atoms with Crippen molar-refractivity contribution in [3.8, 4) is 44.8 Å². The van der Waals surface area contributed by atoms with Gasteiger partial charge in [0.05, 0.1) is 27.8 Å². The number of benzene rings is 12. The summed E-state index contributed by atoms with van der Waals surface area (Å²) in [6.45, 7) is 33.2. The van der Waals surface area contributed by atoms with E-state index in [0.717, 1.165) is 39.8 Å². The Morgan fingerprint density at radius 3 is 1.15 bits per heavy atom. The highest BCUT2D eigenvalue weighted by molar-refractivity contribution is 7.00. The minimum atomic E-state index is -0.162. The number of aromatic nitrogens is 2. The highest BCUT2D eigenvalue weighted by atomic mass is 15.2. The highest BCUT2D eigenvalue weighted by Gasteiger charge is 2.45. The standard InChI is InChI=1S/C96H91BN4/c1-91(2,3)66-36-27-60(28-37-66)65-35-47-86-81(55-65)97-80-46-43-70(100-84-26-20-17-23-74(84)75-56-67(92(4,5)6)38-48-85(75)100)57-87(80)99(69-41-31-62(32-42-69)64-34-45-77-79(54-64)96(13,14)52-50-94(77,9)10)89-59-71(101-82-24-18-15-21-72(82)73-22-16-19-25-83(73)101)58-88(90(89)97)98(86)68-39-29-61(30-40-68)63-33-44-76-78(53-63)95(11,12)51-49-93(76,7)8/h15-48,53-59H,49-52H2,1-14H3. The van der Waals surface area contributed by atoms with Crippen molar-refractivity contribution >= 4 is 101 Å². The van der Waals surface area contributed by atoms with Crippen LogP contribution in [0, 0.1) is 0 Å². The number of hydrogen-bond acceptors (Lipinski definition) is 2. The molecule has 4 aliphatic rings. The van der Waals surface area contributed by atoms with Gasteiger partial charge in [-0.1, -0.05) is 261 Å². The second kappa shape index (κ2) is 22.2. The molecule has 101 heavy (non-hydrogen) atoms. The van der Waals surface area contributed by atoms with E-state index in [1.54, 1.807) is 0 Å². The van der Waals surface area contributed by atoms with Gasteiger partial charge in [0.2, 0.25) is 0 Å². The summed E-state index contributed by atoms with van der Waals surface area (Å²) in [7, 11) is 0. The Labute approximate surface area is 598 Å². The molecule has 0 spiro atoms. The summed E-state index contributed by atoms with van der Waals surface area (Å²) in [6.07, 6.45) is 4.72. The third-order valence-electron chi connectivity index (χ3n) is 24.4. The van der Waals surface area contributed by atoms with Gasteiger partial charge < -0.3 is 18.9 Å². The molecule has 2 aliphatic heterocycles. The Balaban J connectivity index is 0.914. The lowest BCUT2D eigenvalue weighted by molar-refractivity contribution is 0.332. The van der Waals surface area contributed by atoms with E-state index < -0.39 is 0 Å². The van der Waals surface area contributed by atoms with E-state index in [0.29, 0.717) is 0 Å². The molecule has 498 valence electrons. The first kappa shape index (κ1) is 63.1. The fraction of sp³-hybridized carbons (Fsp3) is 0.250. The SMILES string of the molecule is CC(C)(C)c1ccc(-c2ccc3c(c2)B2c4ccc(-n5c6ccccc6c6cc(C(C)(C)C)ccc65)cc4N(c4ccc(-c5ccc6c(c5)C(C)(C)CCC6(C)C)cc4)c4cc(-n5c6ccccc6c6ccccc65)cc(c42)N3c2ccc(-c3ccc4c(c3)C(C)(C)CCC4(C)C)cc2)cc1. The molecule has 0 amide bonds. The Hall–Kier alpha value is -10.1. The zero-order valence-electron chi connectivity index (χ0n) is 61.4. The zero-order valence-corrected chi connectivity index (χ0v) is 61.4. The van der Waals surface area contributed by atoms with E-state index >= 15 is 0 Å². The van der Waals surface area contributed by atoms with Crippen LogP contribution in [-0.2, 0) is 32.5 Å². The van der Waals surface area contributed by atoms with Gasteiger partial charge in [-0.2, -0.15) is 0 Å². The summed E-state index contributed by atoms with van der Waals surface area (Å²) in [4.78, 5) is 5.25. The summed E-state index contributed by atoms with van der Waals surface area (Å²) in [5, 5.41) is 5.00. The van der Waals surface area contributed by atoms with Gasteiger partial charge in [0, 0.05) is 61.4 Å². The quantitative estimate of drug-likeness (QED) is 0.148. The first-order chi connectivity index (χ1) is 48.3. The van der Waals surface area contributed by atoms with Gasteiger partial charge in [-0.15, -0.1) is 0 Å². The first-order valence-corrected chi connectivity index (χ1v) is 37.0. The van der Waals surface area contributed by atoms with Crippen LogP contribution in [0.5, 0.6) is 0 Å². The van der Waals surface area contributed by atoms with Gasteiger partial charge in [0.1, 0.15) is 0 Å². The van der Waals surface area contributed by atoms with Gasteiger partial charge in [0.25, 0.3) is 6.71 Å². The van der Waals surface area contributed by atoms with Crippen molar-refractivity contribution < 1.29 is 0 Å². The van der Waals surface area contributed by atoms with Crippen LogP contribution in [-0.4, -0.2) is 15.8 Å². The van der Waals surface area contributed by atoms with Gasteiger partial charge in [0.15, 0.2) is 0 Å². The molecule has 4 heterocycles. The molecule has 18 rings (SSSR count). The summed E-state index contributed by atoms with van der Waals surface area (Å²) < 4.78 is 5.06. The number of para-hydroxylation sites is 3. The van der Waals surface area contributed by atoms with E-state index in [2.05, 4.69) is 365 Å². The summed E-state index contributed by atoms with van der Waals surface area (Å²) in [6, 6.07) is 97.2. The largest absolute Gasteiger partial charge is 0.311 e. The summed E-state index contributed by atoms with van der Waals surface area (Å²) in [5.41, 5.74) is 34.1. The molecule has 2 aromatic heterocycles. The predicted molar refractivity (Wildman–Crippen MR) is 433 cm³/mol. The molecule has 0 fully saturated rings. The Morgan fingerprint density at radius 2 is 0.653 bits per heavy atom. The van der Waals surface area contributed by atoms with E-state index in [-0.39, 0.29) is 39.2 Å². The molecule has 2 aliphatic carbocycles. The van der Waals surface area contributed by atoms with Crippen molar-refractivity contribution in [3.05, 3.63) is 282 Å². The highest BCUT2D eigenvalue weighted by Crippen LogP contribution is 2.52. The second-order valence-electron chi connectivity index (χ2n) is 34.7. The lowest BCUT2D eigenvalue weighted by Crippen LogP contribution is -2.61. The van der Waals surface area contributed by atoms with Crippen LogP contribution >= 0.6 is 0 Å². The van der Waals surface area contributed by atoms with Crippen LogP contribution in [0.15, 0.2) is 249 Å². The second-order valence-corrected chi connectivity index (χ2v) is 34.7. The number of fused-ring (bicyclic) bond motifs is 12. The fourth-order valence-electron chi connectivity index (χ4n) is 18.2. The van der Waals surface area contributed by atoms with Crippen LogP contribution in [0.1, 0.15) is 156 Å². The van der Waals surface area contributed by atoms with Crippen molar-refractivity contribution in [2.45, 2.75) is 155 Å². The first-order valence-electron chi connectivity index (χ1n) is 37.0. The van der Waals surface area contributed by atoms with E-state index in [1.165, 1.54) is 158 Å². The monoisotopic (exact) mass is 1310 g/mol. The molecule has 0 saturated carbocycles. The molecular formula is C96H91BN4. The van der Waals surface area contributed by atoms with Crippen molar-refractivity contribution in [2.75, 3.05) is 9.80 Å². The number of hydrogen-bond donors (Lipinski definition) is 0. The minimum absolute atomic E-state index is 0.0146. The third-order valence-corrected chi connectivity index (χ3v) is 24.4. The molecule has 4 nitrogen and oxygen atoms in total. The van der Waals surface area contributed by atoms with Crippen LogP contribution < -0.4 is 26.2 Å². The van der Waals surface area contributed by atoms with E-state index in [4.69, 9.17) is 0 Å². The Morgan fingerprint density at radius 1 is 0.277 bits per heavy atom. The maximum absolute atomic E-state index is 2.64. The maximum Gasteiger partial charge on any atom is 0.252 e. The average Bonchev–Trinajstić information content (AvgIpc) is 1.04. The maximum atomic E-state index is 2.64. The summed E-state index contributed by atoms with van der Waals surface area (Å²) in [5.74, 6) is 0. The van der Waals surface area contributed by atoms with Gasteiger partial charge in [-0.3, -0.25) is 0 Å². The average molecular weight is 1310 g/mol. The number of rotatable bonds is 7. The van der Waals surface area contributed by atoms with Crippen LogP contribution in [0.3, 0.4) is 0 Å². The van der Waals surface area contributed by atoms with E-state index in [1.807, 2.05) is 0 Å². The smallest absolute Gasteiger partial charge is 0.252 e. The predicted octanol–water partition coefficient (Wildman–Crippen LogP) is 24.3. The van der Waals surface area contributed by atoms with Gasteiger partial charge in [-0.25, -0.2) is 0 Å². The van der Waals surface area contributed by atoms with Crippen molar-refractivity contribution in [2.24, 2.45) is 0 Å². The topological polar surface area (TPSA) is 16.3 Å². The van der Waals surface area contributed by atoms with Crippen molar-refractivity contribution in [1.29, 1.82) is 0 Å². The molecule has 12 aromatic carbocycles. The van der Waals surface area contributed by atoms with Crippen LogP contribution in [0.4, 0.5) is 34.1 Å². The molecule has 0 bridgehead atoms. The fourth-order valence-corrected chi connectivity index (χ4v) is 18.2. The van der Waals surface area contributed by atoms with Crippen molar-refractivity contribution in [3.63, 3.8) is 0 Å². The number of nitrogens with zero attached hydrogens (tertiary/aromatic N) is 4. The molecule has 0 atom stereocenters. The molecule has 0 N–H and O–H groups in total. The molecular weight excluding hydrogens is 1220 g/mol. The van der Waals surface area contributed by atoms with E-state index in [9.17, 15) is 0 Å². The Kier molecular flexibility index (Phi) is 13.9. The molecule has 0 radical (unpaired) electrons. The zero-order chi connectivity index (χ0) is 69.6. The number of anilines is 6. The Bertz CT molecular complexity index is 5680. The lowest BCUT2D eigenvalue weighted by Gasteiger charge is -2.44. The summed E-state index contributed by atoms with van der Waals surface area (Å²) >= 11 is 0. The lowest BCUT2D eigenvalue weighted by atomic mass is 9.33. The van der Waals surface area contributed by atoms with Crippen LogP contribution in [0.2, 0.25) is 0 Å². The molecule has 0 saturated heterocycles. The minimum Gasteiger partial charge on any atom is -0.311 e. The van der Waals surface area contributed by atoms with Gasteiger partial charge >= 0.3 is 0 Å². The third kappa shape index (κ3) is 9.98. The molecule has 0 unspecified atom stereocenters. The normalized spacial score (nSPS) is 16.3. The molecule has 14 aromatic rings.